The van der Waals surface area contributed by atoms with Crippen LogP contribution < -0.4 is 11.3 Å². The number of nitrogens with two attached hydrogens (primary N) is 1. The average Bonchev–Trinajstić information content (AvgIpc) is 2.71. The highest BCUT2D eigenvalue weighted by Gasteiger charge is 2.21. The number of carbonyl (C=O) groups excluding carboxylic acids is 1. The molecule has 2 rings (SSSR count). The summed E-state index contributed by atoms with van der Waals surface area (Å²) < 4.78 is 1.38. The summed E-state index contributed by atoms with van der Waals surface area (Å²) in [7, 11) is 1.84. The molecule has 0 saturated heterocycles. The summed E-state index contributed by atoms with van der Waals surface area (Å²) in [5.74, 6) is -0.0235. The number of pyridine rings is 1. The molecular formula is C15H23N3O2. The minimum atomic E-state index is -0.193. The molecule has 20 heavy (non-hydrogen) atoms. The summed E-state index contributed by atoms with van der Waals surface area (Å²) in [6, 6.07) is 3.26. The van der Waals surface area contributed by atoms with Gasteiger partial charge in [-0.15, -0.1) is 0 Å². The van der Waals surface area contributed by atoms with Gasteiger partial charge in [0.1, 0.15) is 6.54 Å². The zero-order chi connectivity index (χ0) is 14.5. The zero-order valence-corrected chi connectivity index (χ0v) is 12.0. The molecule has 0 aliphatic heterocycles. The summed E-state index contributed by atoms with van der Waals surface area (Å²) in [5, 5.41) is 0. The second-order valence-corrected chi connectivity index (χ2v) is 5.58. The van der Waals surface area contributed by atoms with Gasteiger partial charge in [-0.1, -0.05) is 25.7 Å². The SMILES string of the molecule is CN(C(=O)Cn1cc(N)ccc1=O)C1CCCCCC1. The third-order valence-electron chi connectivity index (χ3n) is 4.08. The van der Waals surface area contributed by atoms with E-state index in [1.165, 1.54) is 42.5 Å². The van der Waals surface area contributed by atoms with Crippen LogP contribution in [0.15, 0.2) is 23.1 Å². The van der Waals surface area contributed by atoms with E-state index in [9.17, 15) is 9.59 Å². The number of nitrogen functional groups attached to an aromatic ring is 1. The van der Waals surface area contributed by atoms with Crippen molar-refractivity contribution in [3.63, 3.8) is 0 Å². The van der Waals surface area contributed by atoms with Gasteiger partial charge in [0.2, 0.25) is 5.91 Å². The van der Waals surface area contributed by atoms with Crippen LogP contribution in [0, 0.1) is 0 Å². The van der Waals surface area contributed by atoms with E-state index in [4.69, 9.17) is 5.73 Å². The number of aromatic nitrogens is 1. The molecule has 0 aromatic carbocycles. The van der Waals surface area contributed by atoms with Crippen molar-refractivity contribution in [2.45, 2.75) is 51.1 Å². The average molecular weight is 277 g/mol. The van der Waals surface area contributed by atoms with E-state index < -0.39 is 0 Å². The topological polar surface area (TPSA) is 68.3 Å². The Bertz CT molecular complexity index is 516. The van der Waals surface area contributed by atoms with E-state index in [0.29, 0.717) is 11.7 Å². The number of rotatable bonds is 3. The Morgan fingerprint density at radius 1 is 1.30 bits per heavy atom. The van der Waals surface area contributed by atoms with Crippen LogP contribution in [-0.2, 0) is 11.3 Å². The van der Waals surface area contributed by atoms with Gasteiger partial charge in [0.05, 0.1) is 0 Å². The Morgan fingerprint density at radius 3 is 2.60 bits per heavy atom. The first-order chi connectivity index (χ1) is 9.58. The maximum Gasteiger partial charge on any atom is 0.251 e. The van der Waals surface area contributed by atoms with Gasteiger partial charge >= 0.3 is 0 Å². The van der Waals surface area contributed by atoms with E-state index in [1.807, 2.05) is 7.05 Å². The van der Waals surface area contributed by atoms with Crippen molar-refractivity contribution in [1.82, 2.24) is 9.47 Å². The van der Waals surface area contributed by atoms with E-state index >= 15 is 0 Å². The van der Waals surface area contributed by atoms with Crippen LogP contribution >= 0.6 is 0 Å². The van der Waals surface area contributed by atoms with Gasteiger partial charge in [-0.2, -0.15) is 0 Å². The minimum Gasteiger partial charge on any atom is -0.398 e. The lowest BCUT2D eigenvalue weighted by atomic mass is 10.1. The Balaban J connectivity index is 2.03. The zero-order valence-electron chi connectivity index (χ0n) is 12.0. The maximum atomic E-state index is 12.3. The first-order valence-corrected chi connectivity index (χ1v) is 7.29. The summed E-state index contributed by atoms with van der Waals surface area (Å²) >= 11 is 0. The van der Waals surface area contributed by atoms with Gasteiger partial charge < -0.3 is 15.2 Å². The number of nitrogens with zero attached hydrogens (tertiary/aromatic N) is 2. The molecule has 1 aliphatic carbocycles. The molecule has 0 bridgehead atoms. The van der Waals surface area contributed by atoms with E-state index in [1.54, 1.807) is 11.0 Å². The van der Waals surface area contributed by atoms with Crippen LogP contribution in [0.3, 0.4) is 0 Å². The Labute approximate surface area is 119 Å². The lowest BCUT2D eigenvalue weighted by Crippen LogP contribution is -2.40. The third kappa shape index (κ3) is 3.62. The molecule has 1 aromatic heterocycles. The predicted octanol–water partition coefficient (Wildman–Crippen LogP) is 1.61. The second-order valence-electron chi connectivity index (χ2n) is 5.58. The van der Waals surface area contributed by atoms with Crippen LogP contribution in [-0.4, -0.2) is 28.5 Å². The van der Waals surface area contributed by atoms with Crippen molar-refractivity contribution in [2.24, 2.45) is 0 Å². The van der Waals surface area contributed by atoms with Crippen molar-refractivity contribution >= 4 is 11.6 Å². The standard InChI is InChI=1S/C15H23N3O2/c1-17(13-6-4-2-3-5-7-13)15(20)11-18-10-12(16)8-9-14(18)19/h8-10,13H,2-7,11,16H2,1H3. The molecule has 0 spiro atoms. The fraction of sp³-hybridized carbons (Fsp3) is 0.600. The maximum absolute atomic E-state index is 12.3. The molecule has 1 fully saturated rings. The Kier molecular flexibility index (Phi) is 4.82. The second kappa shape index (κ2) is 6.59. The first-order valence-electron chi connectivity index (χ1n) is 7.29. The van der Waals surface area contributed by atoms with Crippen LogP contribution in [0.5, 0.6) is 0 Å². The normalized spacial score (nSPS) is 16.6. The Morgan fingerprint density at radius 2 is 1.95 bits per heavy atom. The Hall–Kier alpha value is -1.78. The fourth-order valence-electron chi connectivity index (χ4n) is 2.78. The summed E-state index contributed by atoms with van der Waals surface area (Å²) in [6.07, 6.45) is 8.53. The number of hydrogen-bond donors (Lipinski definition) is 1. The van der Waals surface area contributed by atoms with Crippen molar-refractivity contribution in [3.8, 4) is 0 Å². The highest BCUT2D eigenvalue weighted by atomic mass is 16.2. The highest BCUT2D eigenvalue weighted by molar-refractivity contribution is 5.76. The summed E-state index contributed by atoms with van der Waals surface area (Å²) in [5.41, 5.74) is 5.96. The quantitative estimate of drug-likeness (QED) is 0.853. The number of carbonyl (C=O) groups is 1. The van der Waals surface area contributed by atoms with Gasteiger partial charge in [-0.3, -0.25) is 9.59 Å². The smallest absolute Gasteiger partial charge is 0.251 e. The van der Waals surface area contributed by atoms with Crippen molar-refractivity contribution in [2.75, 3.05) is 12.8 Å². The molecule has 1 heterocycles. The van der Waals surface area contributed by atoms with Gasteiger partial charge in [-0.05, 0) is 18.9 Å². The van der Waals surface area contributed by atoms with Crippen LogP contribution in [0.4, 0.5) is 5.69 Å². The van der Waals surface area contributed by atoms with Crippen LogP contribution in [0.1, 0.15) is 38.5 Å². The lowest BCUT2D eigenvalue weighted by molar-refractivity contribution is -0.132. The predicted molar refractivity (Wildman–Crippen MR) is 79.4 cm³/mol. The molecule has 1 aromatic rings. The molecule has 1 aliphatic rings. The van der Waals surface area contributed by atoms with Crippen molar-refractivity contribution < 1.29 is 4.79 Å². The summed E-state index contributed by atoms with van der Waals surface area (Å²) in [6.45, 7) is 0.0663. The number of likely N-dealkylation sites (N-methyl/N-ethyl adjacent to an activating group) is 1. The van der Waals surface area contributed by atoms with Crippen molar-refractivity contribution in [3.05, 3.63) is 28.7 Å². The molecule has 5 heteroatoms. The molecule has 0 radical (unpaired) electrons. The highest BCUT2D eigenvalue weighted by Crippen LogP contribution is 2.21. The van der Waals surface area contributed by atoms with E-state index in [0.717, 1.165) is 12.8 Å². The lowest BCUT2D eigenvalue weighted by Gasteiger charge is -2.27. The van der Waals surface area contributed by atoms with Crippen LogP contribution in [0.25, 0.3) is 0 Å². The molecule has 0 unspecified atom stereocenters. The fourth-order valence-corrected chi connectivity index (χ4v) is 2.78. The number of anilines is 1. The first kappa shape index (κ1) is 14.6. The number of hydrogen-bond acceptors (Lipinski definition) is 3. The van der Waals surface area contributed by atoms with Gasteiger partial charge in [-0.25, -0.2) is 0 Å². The monoisotopic (exact) mass is 277 g/mol. The molecule has 110 valence electrons. The van der Waals surface area contributed by atoms with Gasteiger partial charge in [0, 0.05) is 31.0 Å². The molecule has 2 N–H and O–H groups in total. The number of amides is 1. The largest absolute Gasteiger partial charge is 0.398 e. The van der Waals surface area contributed by atoms with Gasteiger partial charge in [0.25, 0.3) is 5.56 Å². The van der Waals surface area contributed by atoms with Crippen molar-refractivity contribution in [1.29, 1.82) is 0 Å². The van der Waals surface area contributed by atoms with Gasteiger partial charge in [0.15, 0.2) is 0 Å². The van der Waals surface area contributed by atoms with Crippen LogP contribution in [0.2, 0.25) is 0 Å². The molecule has 0 atom stereocenters. The minimum absolute atomic E-state index is 0.0235. The third-order valence-corrected chi connectivity index (χ3v) is 4.08. The van der Waals surface area contributed by atoms with E-state index in [2.05, 4.69) is 0 Å². The molecule has 1 saturated carbocycles. The molecular weight excluding hydrogens is 254 g/mol. The molecule has 1 amide bonds. The summed E-state index contributed by atoms with van der Waals surface area (Å²) in [4.78, 5) is 25.8. The molecule has 5 nitrogen and oxygen atoms in total. The van der Waals surface area contributed by atoms with E-state index in [-0.39, 0.29) is 18.0 Å².